The number of hydrogen-bond donors (Lipinski definition) is 1. The van der Waals surface area contributed by atoms with Crippen LogP contribution in [0.15, 0.2) is 24.5 Å². The number of pyridine rings is 1. The largest absolute Gasteiger partial charge is 0.478 e. The standard InChI is InChI=1S/C11H8F3N3O2/c1-6-8(3-2-4-15-6)17-9(11(12,13)14)7(5-16-17)10(18)19/h2-5H,1H3,(H,18,19). The van der Waals surface area contributed by atoms with E-state index in [0.717, 1.165) is 0 Å². The molecule has 8 heteroatoms. The van der Waals surface area contributed by atoms with Crippen LogP contribution >= 0.6 is 0 Å². The first-order valence-corrected chi connectivity index (χ1v) is 5.13. The van der Waals surface area contributed by atoms with Gasteiger partial charge in [0.05, 0.1) is 17.6 Å². The number of nitrogens with zero attached hydrogens (tertiary/aromatic N) is 3. The van der Waals surface area contributed by atoms with Gasteiger partial charge in [-0.15, -0.1) is 0 Å². The van der Waals surface area contributed by atoms with Gasteiger partial charge in [0, 0.05) is 6.20 Å². The molecule has 0 spiro atoms. The van der Waals surface area contributed by atoms with Crippen molar-refractivity contribution in [1.82, 2.24) is 14.8 Å². The fraction of sp³-hybridized carbons (Fsp3) is 0.182. The number of carbonyl (C=O) groups is 1. The topological polar surface area (TPSA) is 68.0 Å². The lowest BCUT2D eigenvalue weighted by molar-refractivity contribution is -0.143. The minimum Gasteiger partial charge on any atom is -0.478 e. The second-order valence-corrected chi connectivity index (χ2v) is 3.73. The van der Waals surface area contributed by atoms with Crippen molar-refractivity contribution >= 4 is 5.97 Å². The van der Waals surface area contributed by atoms with Crippen LogP contribution in [0.1, 0.15) is 21.7 Å². The van der Waals surface area contributed by atoms with Crippen molar-refractivity contribution in [3.8, 4) is 5.69 Å². The molecule has 19 heavy (non-hydrogen) atoms. The Bertz CT molecular complexity index is 634. The van der Waals surface area contributed by atoms with E-state index in [1.807, 2.05) is 0 Å². The van der Waals surface area contributed by atoms with E-state index >= 15 is 0 Å². The van der Waals surface area contributed by atoms with Gasteiger partial charge in [-0.2, -0.15) is 18.3 Å². The Kier molecular flexibility index (Phi) is 3.01. The molecule has 0 saturated carbocycles. The van der Waals surface area contributed by atoms with Gasteiger partial charge in [-0.1, -0.05) is 0 Å². The average Bonchev–Trinajstić information content (AvgIpc) is 2.73. The molecule has 0 aliphatic carbocycles. The SMILES string of the molecule is Cc1ncccc1-n1ncc(C(=O)O)c1C(F)(F)F. The zero-order chi connectivity index (χ0) is 14.2. The number of carboxylic acid groups (broad SMARTS) is 1. The number of alkyl halides is 3. The molecule has 0 fully saturated rings. The molecule has 0 amide bonds. The molecule has 0 aliphatic heterocycles. The Morgan fingerprint density at radius 1 is 1.42 bits per heavy atom. The van der Waals surface area contributed by atoms with Gasteiger partial charge < -0.3 is 5.11 Å². The van der Waals surface area contributed by atoms with Gasteiger partial charge in [-0.25, -0.2) is 9.48 Å². The van der Waals surface area contributed by atoms with Crippen molar-refractivity contribution < 1.29 is 23.1 Å². The molecule has 0 unspecified atom stereocenters. The number of rotatable bonds is 2. The highest BCUT2D eigenvalue weighted by atomic mass is 19.4. The third kappa shape index (κ3) is 2.28. The van der Waals surface area contributed by atoms with Crippen LogP contribution in [0.5, 0.6) is 0 Å². The molecule has 0 atom stereocenters. The summed E-state index contributed by atoms with van der Waals surface area (Å²) in [6.45, 7) is 1.51. The lowest BCUT2D eigenvalue weighted by Gasteiger charge is -2.12. The van der Waals surface area contributed by atoms with Gasteiger partial charge in [0.2, 0.25) is 0 Å². The van der Waals surface area contributed by atoms with Gasteiger partial charge in [-0.3, -0.25) is 4.98 Å². The number of halogens is 3. The Morgan fingerprint density at radius 2 is 2.11 bits per heavy atom. The molecule has 2 aromatic heterocycles. The quantitative estimate of drug-likeness (QED) is 0.909. The summed E-state index contributed by atoms with van der Waals surface area (Å²) in [7, 11) is 0. The molecule has 5 nitrogen and oxygen atoms in total. The van der Waals surface area contributed by atoms with Crippen LogP contribution in [0.4, 0.5) is 13.2 Å². The molecule has 0 aromatic carbocycles. The second-order valence-electron chi connectivity index (χ2n) is 3.73. The van der Waals surface area contributed by atoms with Crippen LogP contribution in [-0.4, -0.2) is 25.8 Å². The van der Waals surface area contributed by atoms with Crippen LogP contribution in [0.2, 0.25) is 0 Å². The Balaban J connectivity index is 2.73. The van der Waals surface area contributed by atoms with E-state index in [1.165, 1.54) is 25.3 Å². The maximum Gasteiger partial charge on any atom is 0.434 e. The van der Waals surface area contributed by atoms with E-state index in [4.69, 9.17) is 5.11 Å². The Hall–Kier alpha value is -2.38. The number of aromatic carboxylic acids is 1. The second kappa shape index (κ2) is 4.38. The summed E-state index contributed by atoms with van der Waals surface area (Å²) < 4.78 is 39.5. The van der Waals surface area contributed by atoms with Crippen LogP contribution in [0, 0.1) is 6.92 Å². The van der Waals surface area contributed by atoms with Gasteiger partial charge in [0.1, 0.15) is 5.56 Å². The van der Waals surface area contributed by atoms with E-state index < -0.39 is 23.4 Å². The molecule has 2 aromatic rings. The maximum atomic E-state index is 13.0. The molecule has 2 heterocycles. The molecule has 1 N–H and O–H groups in total. The predicted octanol–water partition coefficient (Wildman–Crippen LogP) is 2.29. The molecular weight excluding hydrogens is 263 g/mol. The summed E-state index contributed by atoms with van der Waals surface area (Å²) in [6.07, 6.45) is -2.72. The lowest BCUT2D eigenvalue weighted by Crippen LogP contribution is -2.18. The molecular formula is C11H8F3N3O2. The van der Waals surface area contributed by atoms with E-state index in [2.05, 4.69) is 10.1 Å². The minimum atomic E-state index is -4.83. The number of hydrogen-bond acceptors (Lipinski definition) is 3. The van der Waals surface area contributed by atoms with E-state index in [-0.39, 0.29) is 5.69 Å². The molecule has 100 valence electrons. The highest BCUT2D eigenvalue weighted by Crippen LogP contribution is 2.33. The van der Waals surface area contributed by atoms with Gasteiger partial charge in [0.15, 0.2) is 5.69 Å². The summed E-state index contributed by atoms with van der Waals surface area (Å²) in [5.41, 5.74) is -1.82. The summed E-state index contributed by atoms with van der Waals surface area (Å²) in [4.78, 5) is 14.7. The highest BCUT2D eigenvalue weighted by molar-refractivity contribution is 5.89. The number of carboxylic acids is 1. The van der Waals surface area contributed by atoms with E-state index in [1.54, 1.807) is 0 Å². The molecule has 2 rings (SSSR count). The maximum absolute atomic E-state index is 13.0. The van der Waals surface area contributed by atoms with Crippen molar-refractivity contribution in [2.24, 2.45) is 0 Å². The smallest absolute Gasteiger partial charge is 0.434 e. The average molecular weight is 271 g/mol. The van der Waals surface area contributed by atoms with Gasteiger partial charge in [0.25, 0.3) is 0 Å². The fourth-order valence-electron chi connectivity index (χ4n) is 1.66. The molecule has 0 radical (unpaired) electrons. The third-order valence-corrected chi connectivity index (χ3v) is 2.48. The monoisotopic (exact) mass is 271 g/mol. The first-order chi connectivity index (χ1) is 8.82. The van der Waals surface area contributed by atoms with Crippen LogP contribution in [0.3, 0.4) is 0 Å². The Labute approximate surface area is 105 Å². The van der Waals surface area contributed by atoms with Gasteiger partial charge in [-0.05, 0) is 19.1 Å². The van der Waals surface area contributed by atoms with Crippen LogP contribution in [0.25, 0.3) is 5.69 Å². The molecule has 0 aliphatic rings. The predicted molar refractivity (Wildman–Crippen MR) is 58.1 cm³/mol. The molecule has 0 bridgehead atoms. The van der Waals surface area contributed by atoms with Crippen LogP contribution in [-0.2, 0) is 6.18 Å². The van der Waals surface area contributed by atoms with Crippen molar-refractivity contribution in [2.75, 3.05) is 0 Å². The minimum absolute atomic E-state index is 0.0855. The van der Waals surface area contributed by atoms with Gasteiger partial charge >= 0.3 is 12.1 Å². The first-order valence-electron chi connectivity index (χ1n) is 5.13. The summed E-state index contributed by atoms with van der Waals surface area (Å²) in [6, 6.07) is 2.83. The summed E-state index contributed by atoms with van der Waals surface area (Å²) in [5.74, 6) is -1.68. The summed E-state index contributed by atoms with van der Waals surface area (Å²) in [5, 5.41) is 12.3. The normalized spacial score (nSPS) is 11.6. The van der Waals surface area contributed by atoms with Crippen molar-refractivity contribution in [2.45, 2.75) is 13.1 Å². The van der Waals surface area contributed by atoms with E-state index in [9.17, 15) is 18.0 Å². The van der Waals surface area contributed by atoms with Crippen molar-refractivity contribution in [3.63, 3.8) is 0 Å². The highest BCUT2D eigenvalue weighted by Gasteiger charge is 2.40. The Morgan fingerprint density at radius 3 is 2.63 bits per heavy atom. The van der Waals surface area contributed by atoms with Crippen molar-refractivity contribution in [1.29, 1.82) is 0 Å². The summed E-state index contributed by atoms with van der Waals surface area (Å²) >= 11 is 0. The molecule has 0 saturated heterocycles. The number of aromatic nitrogens is 3. The zero-order valence-electron chi connectivity index (χ0n) is 9.64. The lowest BCUT2D eigenvalue weighted by atomic mass is 10.2. The van der Waals surface area contributed by atoms with E-state index in [0.29, 0.717) is 16.6 Å². The fourth-order valence-corrected chi connectivity index (χ4v) is 1.66. The first kappa shape index (κ1) is 13.1. The zero-order valence-corrected chi connectivity index (χ0v) is 9.64. The van der Waals surface area contributed by atoms with Crippen LogP contribution < -0.4 is 0 Å². The third-order valence-electron chi connectivity index (χ3n) is 2.48. The number of aryl methyl sites for hydroxylation is 1. The van der Waals surface area contributed by atoms with Crippen molar-refractivity contribution in [3.05, 3.63) is 41.5 Å².